The molecule has 0 aliphatic rings. The second kappa shape index (κ2) is 34.5. The van der Waals surface area contributed by atoms with Gasteiger partial charge in [0, 0.05) is 12.8 Å². The van der Waals surface area contributed by atoms with E-state index in [0.717, 1.165) is 32.1 Å². The summed E-state index contributed by atoms with van der Waals surface area (Å²) in [6, 6.07) is 0. The molecular formula is C41H81NO8P+. The van der Waals surface area contributed by atoms with Gasteiger partial charge in [0.15, 0.2) is 6.10 Å². The maximum absolute atomic E-state index is 12.6. The standard InChI is InChI=1S/C41H80NO8P/c1-6-8-10-12-14-16-18-19-20-21-22-23-24-26-27-29-31-33-40(43)47-37-39(38-49-51(45,46)48-36-35-42(3,4)5)50-41(44)34-32-30-28-25-17-15-13-11-9-7-2/h19-20,39H,6-18,21-38H2,1-5H3/p+1/b20-19-/t39-/m1/s1. The largest absolute Gasteiger partial charge is 0.472 e. The quantitative estimate of drug-likeness (QED) is 0.0219. The monoisotopic (exact) mass is 747 g/mol. The normalized spacial score (nSPS) is 13.8. The molecular weight excluding hydrogens is 665 g/mol. The van der Waals surface area contributed by atoms with Gasteiger partial charge >= 0.3 is 19.8 Å². The Morgan fingerprint density at radius 3 is 1.45 bits per heavy atom. The third kappa shape index (κ3) is 38.3. The topological polar surface area (TPSA) is 108 Å². The average Bonchev–Trinajstić information content (AvgIpc) is 3.07. The van der Waals surface area contributed by atoms with Gasteiger partial charge in [-0.2, -0.15) is 0 Å². The number of nitrogens with zero attached hydrogens (tertiary/aromatic N) is 1. The molecule has 0 aliphatic heterocycles. The number of hydrogen-bond donors (Lipinski definition) is 1. The zero-order valence-corrected chi connectivity index (χ0v) is 34.7. The van der Waals surface area contributed by atoms with E-state index in [1.54, 1.807) is 0 Å². The molecule has 0 aromatic heterocycles. The molecule has 0 fully saturated rings. The van der Waals surface area contributed by atoms with Crippen LogP contribution in [-0.4, -0.2) is 74.9 Å². The van der Waals surface area contributed by atoms with Crippen LogP contribution in [0.5, 0.6) is 0 Å². The van der Waals surface area contributed by atoms with E-state index in [0.29, 0.717) is 17.4 Å². The molecule has 302 valence electrons. The lowest BCUT2D eigenvalue weighted by atomic mass is 10.1. The summed E-state index contributed by atoms with van der Waals surface area (Å²) in [6.45, 7) is 4.40. The number of unbranched alkanes of at least 4 members (excludes halogenated alkanes) is 22. The Kier molecular flexibility index (Phi) is 33.7. The molecule has 0 aromatic rings. The van der Waals surface area contributed by atoms with E-state index < -0.39 is 26.5 Å². The van der Waals surface area contributed by atoms with E-state index in [-0.39, 0.29) is 32.0 Å². The van der Waals surface area contributed by atoms with Crippen molar-refractivity contribution in [2.24, 2.45) is 0 Å². The number of likely N-dealkylation sites (N-methyl/N-ethyl adjacent to an activating group) is 1. The fourth-order valence-corrected chi connectivity index (χ4v) is 6.46. The van der Waals surface area contributed by atoms with Crippen LogP contribution in [0.25, 0.3) is 0 Å². The molecule has 2 atom stereocenters. The van der Waals surface area contributed by atoms with Crippen LogP contribution in [0.15, 0.2) is 12.2 Å². The zero-order chi connectivity index (χ0) is 37.9. The number of carbonyl (C=O) groups excluding carboxylic acids is 2. The van der Waals surface area contributed by atoms with Gasteiger partial charge in [-0.1, -0.05) is 148 Å². The van der Waals surface area contributed by atoms with Crippen molar-refractivity contribution in [3.05, 3.63) is 12.2 Å². The Morgan fingerprint density at radius 1 is 0.588 bits per heavy atom. The van der Waals surface area contributed by atoms with E-state index in [2.05, 4.69) is 26.0 Å². The Bertz CT molecular complexity index is 891. The molecule has 1 N–H and O–H groups in total. The van der Waals surface area contributed by atoms with E-state index >= 15 is 0 Å². The lowest BCUT2D eigenvalue weighted by Gasteiger charge is -2.24. The van der Waals surface area contributed by atoms with Gasteiger partial charge in [0.1, 0.15) is 19.8 Å². The summed E-state index contributed by atoms with van der Waals surface area (Å²) in [5.74, 6) is -0.799. The first-order valence-corrected chi connectivity index (χ1v) is 22.4. The fourth-order valence-electron chi connectivity index (χ4n) is 5.71. The minimum atomic E-state index is -4.36. The minimum Gasteiger partial charge on any atom is -0.462 e. The molecule has 0 heterocycles. The van der Waals surface area contributed by atoms with E-state index in [4.69, 9.17) is 18.5 Å². The number of ether oxygens (including phenoxy) is 2. The highest BCUT2D eigenvalue weighted by atomic mass is 31.2. The molecule has 0 spiro atoms. The smallest absolute Gasteiger partial charge is 0.462 e. The molecule has 0 aliphatic carbocycles. The Morgan fingerprint density at radius 2 is 1.00 bits per heavy atom. The van der Waals surface area contributed by atoms with E-state index in [9.17, 15) is 19.0 Å². The van der Waals surface area contributed by atoms with Crippen LogP contribution < -0.4 is 0 Å². The van der Waals surface area contributed by atoms with Crippen LogP contribution in [0.4, 0.5) is 0 Å². The molecule has 10 heteroatoms. The third-order valence-electron chi connectivity index (χ3n) is 9.05. The lowest BCUT2D eigenvalue weighted by Crippen LogP contribution is -2.37. The maximum Gasteiger partial charge on any atom is 0.472 e. The molecule has 51 heavy (non-hydrogen) atoms. The number of rotatable bonds is 38. The van der Waals surface area contributed by atoms with Gasteiger partial charge in [-0.25, -0.2) is 4.57 Å². The summed E-state index contributed by atoms with van der Waals surface area (Å²) in [4.78, 5) is 35.2. The van der Waals surface area contributed by atoms with E-state index in [1.165, 1.54) is 122 Å². The molecule has 0 aromatic carbocycles. The fraction of sp³-hybridized carbons (Fsp3) is 0.902. The van der Waals surface area contributed by atoms with Crippen LogP contribution in [0.2, 0.25) is 0 Å². The van der Waals surface area contributed by atoms with E-state index in [1.807, 2.05) is 21.1 Å². The number of esters is 2. The van der Waals surface area contributed by atoms with Gasteiger partial charge < -0.3 is 18.9 Å². The van der Waals surface area contributed by atoms with Crippen LogP contribution in [0.1, 0.15) is 187 Å². The van der Waals surface area contributed by atoms with Crippen molar-refractivity contribution in [3.8, 4) is 0 Å². The predicted molar refractivity (Wildman–Crippen MR) is 211 cm³/mol. The zero-order valence-electron chi connectivity index (χ0n) is 33.9. The van der Waals surface area contributed by atoms with Gasteiger partial charge in [-0.15, -0.1) is 0 Å². The summed E-state index contributed by atoms with van der Waals surface area (Å²) in [7, 11) is 1.48. The van der Waals surface area contributed by atoms with Gasteiger partial charge in [-0.05, 0) is 38.5 Å². The predicted octanol–water partition coefficient (Wildman–Crippen LogP) is 11.4. The highest BCUT2D eigenvalue weighted by molar-refractivity contribution is 7.47. The number of allylic oxidation sites excluding steroid dienone is 2. The van der Waals surface area contributed by atoms with Crippen LogP contribution >= 0.6 is 7.82 Å². The molecule has 0 rings (SSSR count). The van der Waals surface area contributed by atoms with Crippen LogP contribution in [0.3, 0.4) is 0 Å². The van der Waals surface area contributed by atoms with Crippen LogP contribution in [-0.2, 0) is 32.7 Å². The summed E-state index contributed by atoms with van der Waals surface area (Å²) < 4.78 is 34.2. The van der Waals surface area contributed by atoms with Gasteiger partial charge in [0.25, 0.3) is 0 Å². The molecule has 0 amide bonds. The Hall–Kier alpha value is -1.25. The van der Waals surface area contributed by atoms with Gasteiger partial charge in [0.05, 0.1) is 27.7 Å². The summed E-state index contributed by atoms with van der Waals surface area (Å²) in [5.41, 5.74) is 0. The molecule has 0 bridgehead atoms. The van der Waals surface area contributed by atoms with Crippen molar-refractivity contribution < 1.29 is 42.1 Å². The first-order chi connectivity index (χ1) is 24.5. The summed E-state index contributed by atoms with van der Waals surface area (Å²) in [6.07, 6.45) is 34.0. The second-order valence-electron chi connectivity index (χ2n) is 15.4. The second-order valence-corrected chi connectivity index (χ2v) is 16.8. The highest BCUT2D eigenvalue weighted by Crippen LogP contribution is 2.43. The van der Waals surface area contributed by atoms with Crippen molar-refractivity contribution in [3.63, 3.8) is 0 Å². The van der Waals surface area contributed by atoms with Crippen molar-refractivity contribution in [1.82, 2.24) is 0 Å². The number of phosphoric ester groups is 1. The van der Waals surface area contributed by atoms with Crippen molar-refractivity contribution in [2.45, 2.75) is 193 Å². The molecule has 1 unspecified atom stereocenters. The maximum atomic E-state index is 12.6. The summed E-state index contributed by atoms with van der Waals surface area (Å²) in [5, 5.41) is 0. The molecule has 0 radical (unpaired) electrons. The average molecular weight is 747 g/mol. The number of hydrogen-bond acceptors (Lipinski definition) is 7. The van der Waals surface area contributed by atoms with Crippen molar-refractivity contribution in [2.75, 3.05) is 47.5 Å². The lowest BCUT2D eigenvalue weighted by molar-refractivity contribution is -0.870. The molecule has 0 saturated carbocycles. The Labute approximate surface area is 314 Å². The highest BCUT2D eigenvalue weighted by Gasteiger charge is 2.27. The van der Waals surface area contributed by atoms with Crippen molar-refractivity contribution in [1.29, 1.82) is 0 Å². The first kappa shape index (κ1) is 49.8. The molecule has 0 saturated heterocycles. The molecule has 9 nitrogen and oxygen atoms in total. The number of quaternary nitrogens is 1. The Balaban J connectivity index is 4.32. The summed E-state index contributed by atoms with van der Waals surface area (Å²) >= 11 is 0. The van der Waals surface area contributed by atoms with Gasteiger partial charge in [-0.3, -0.25) is 18.6 Å². The minimum absolute atomic E-state index is 0.0339. The number of phosphoric acid groups is 1. The van der Waals surface area contributed by atoms with Crippen LogP contribution in [0, 0.1) is 0 Å². The first-order valence-electron chi connectivity index (χ1n) is 20.9. The number of carbonyl (C=O) groups is 2. The third-order valence-corrected chi connectivity index (χ3v) is 10.0. The van der Waals surface area contributed by atoms with Crippen molar-refractivity contribution >= 4 is 19.8 Å². The van der Waals surface area contributed by atoms with Gasteiger partial charge in [0.2, 0.25) is 0 Å². The SMILES string of the molecule is CCCCCCCC/C=C\CCCCCCCCCC(=O)OC[C@H](COP(=O)(O)OCC[N+](C)(C)C)OC(=O)CCCCCCCCCCCC.